The fourth-order valence-corrected chi connectivity index (χ4v) is 5.62. The first kappa shape index (κ1) is 27.9. The number of hydrazine groups is 1. The number of piperazine rings is 1. The van der Waals surface area contributed by atoms with E-state index in [0.717, 1.165) is 30.6 Å². The number of urea groups is 1. The number of rotatable bonds is 8. The van der Waals surface area contributed by atoms with Gasteiger partial charge in [-0.1, -0.05) is 32.4 Å². The van der Waals surface area contributed by atoms with Crippen molar-refractivity contribution in [3.05, 3.63) is 29.8 Å². The van der Waals surface area contributed by atoms with Crippen molar-refractivity contribution in [3.8, 4) is 5.75 Å². The predicted octanol–water partition coefficient (Wildman–Crippen LogP) is 2.81. The van der Waals surface area contributed by atoms with Gasteiger partial charge in [0.1, 0.15) is 22.1 Å². The van der Waals surface area contributed by atoms with Gasteiger partial charge in [-0.05, 0) is 66.0 Å². The van der Waals surface area contributed by atoms with Crippen molar-refractivity contribution < 1.29 is 23.9 Å². The number of hydrogen-bond acceptors (Lipinski definition) is 6. The van der Waals surface area contributed by atoms with Crippen molar-refractivity contribution in [2.45, 2.75) is 69.0 Å². The van der Waals surface area contributed by atoms with Gasteiger partial charge >= 0.3 is 6.03 Å². The van der Waals surface area contributed by atoms with Crippen molar-refractivity contribution in [1.29, 1.82) is 0 Å². The van der Waals surface area contributed by atoms with E-state index in [4.69, 9.17) is 9.47 Å². The number of nitrogens with one attached hydrogen (secondary N) is 1. The van der Waals surface area contributed by atoms with E-state index < -0.39 is 12.2 Å². The van der Waals surface area contributed by atoms with Crippen LogP contribution in [0.2, 0.25) is 0 Å². The zero-order chi connectivity index (χ0) is 26.7. The molecule has 204 valence electrons. The van der Waals surface area contributed by atoms with Crippen LogP contribution >= 0.6 is 22.6 Å². The summed E-state index contributed by atoms with van der Waals surface area (Å²) in [5.74, 6) is 0.552. The van der Waals surface area contributed by atoms with Crippen molar-refractivity contribution in [3.63, 3.8) is 0 Å². The number of alkyl halides is 1. The van der Waals surface area contributed by atoms with Crippen LogP contribution in [-0.4, -0.2) is 93.4 Å². The summed E-state index contributed by atoms with van der Waals surface area (Å²) >= 11 is 2.20. The highest BCUT2D eigenvalue weighted by molar-refractivity contribution is 14.1. The van der Waals surface area contributed by atoms with Crippen LogP contribution in [0.3, 0.4) is 0 Å². The van der Waals surface area contributed by atoms with E-state index >= 15 is 0 Å². The molecule has 3 aliphatic heterocycles. The Labute approximate surface area is 232 Å². The third kappa shape index (κ3) is 6.31. The zero-order valence-electron chi connectivity index (χ0n) is 22.1. The normalized spacial score (nSPS) is 26.2. The van der Waals surface area contributed by atoms with Crippen LogP contribution in [0.4, 0.5) is 4.79 Å². The Bertz CT molecular complexity index is 971. The molecule has 1 N–H and O–H groups in total. The maximum absolute atomic E-state index is 13.6. The second-order valence-electron chi connectivity index (χ2n) is 10.1. The molecule has 3 saturated heterocycles. The number of nitrogens with zero attached hydrogens (tertiary/aromatic N) is 4. The smallest absolute Gasteiger partial charge is 0.334 e. The quantitative estimate of drug-likeness (QED) is 0.352. The molecular weight excluding hydrogens is 589 g/mol. The Morgan fingerprint density at radius 1 is 1.24 bits per heavy atom. The lowest BCUT2D eigenvalue weighted by atomic mass is 9.92. The summed E-state index contributed by atoms with van der Waals surface area (Å²) in [6, 6.07) is 6.71. The molecule has 1 aromatic rings. The van der Waals surface area contributed by atoms with Gasteiger partial charge in [-0.3, -0.25) is 9.59 Å². The van der Waals surface area contributed by atoms with Crippen LogP contribution in [0.25, 0.3) is 0 Å². The minimum Gasteiger partial charge on any atom is -0.480 e. The number of carbonyl (C=O) groups is 3. The lowest BCUT2D eigenvalue weighted by Crippen LogP contribution is -2.77. The van der Waals surface area contributed by atoms with E-state index in [0.29, 0.717) is 19.7 Å². The predicted molar refractivity (Wildman–Crippen MR) is 147 cm³/mol. The van der Waals surface area contributed by atoms with Crippen LogP contribution in [0.1, 0.15) is 45.6 Å². The average molecular weight is 628 g/mol. The van der Waals surface area contributed by atoms with Gasteiger partial charge in [-0.15, -0.1) is 0 Å². The SMILES string of the molecule is CCC(C)[C@H]1C(=O)N(CC2CCCO2)C[C@H]2N1C(=O)CN(C)N2C(=O)NCc1ccc(OC(C)I)cc1. The lowest BCUT2D eigenvalue weighted by molar-refractivity contribution is -0.191. The van der Waals surface area contributed by atoms with Gasteiger partial charge in [-0.25, -0.2) is 14.8 Å². The maximum Gasteiger partial charge on any atom is 0.334 e. The summed E-state index contributed by atoms with van der Waals surface area (Å²) in [7, 11) is 1.74. The van der Waals surface area contributed by atoms with Crippen LogP contribution in [0, 0.1) is 5.92 Å². The molecule has 3 fully saturated rings. The topological polar surface area (TPSA) is 94.7 Å². The number of hydrogen-bond donors (Lipinski definition) is 1. The number of benzene rings is 1. The lowest BCUT2D eigenvalue weighted by Gasteiger charge is -2.55. The number of fused-ring (bicyclic) bond motifs is 1. The van der Waals surface area contributed by atoms with Crippen LogP contribution in [-0.2, 0) is 20.9 Å². The highest BCUT2D eigenvalue weighted by atomic mass is 127. The third-order valence-corrected chi connectivity index (χ3v) is 7.63. The van der Waals surface area contributed by atoms with Gasteiger partial charge in [-0.2, -0.15) is 0 Å². The van der Waals surface area contributed by atoms with E-state index in [-0.39, 0.29) is 47.1 Å². The average Bonchev–Trinajstić information content (AvgIpc) is 3.37. The Hall–Kier alpha value is -2.12. The summed E-state index contributed by atoms with van der Waals surface area (Å²) in [4.78, 5) is 43.8. The number of amides is 4. The molecule has 37 heavy (non-hydrogen) atoms. The van der Waals surface area contributed by atoms with E-state index in [1.165, 1.54) is 0 Å². The number of likely N-dealkylation sites (N-methyl/N-ethyl adjacent to an activating group) is 1. The number of carbonyl (C=O) groups excluding carboxylic acids is 3. The first-order chi connectivity index (χ1) is 17.7. The van der Waals surface area contributed by atoms with Crippen LogP contribution < -0.4 is 10.1 Å². The Morgan fingerprint density at radius 2 is 1.97 bits per heavy atom. The fourth-order valence-electron chi connectivity index (χ4n) is 5.33. The summed E-state index contributed by atoms with van der Waals surface area (Å²) < 4.78 is 11.6. The van der Waals surface area contributed by atoms with Gasteiger partial charge in [0, 0.05) is 26.7 Å². The standard InChI is InChI=1S/C26H38IN5O5/c1-5-17(2)24-25(34)30(14-21-7-6-12-36-21)15-22-31(24)23(33)16-29(4)32(22)26(35)28-13-19-8-10-20(11-9-19)37-18(3)27/h8-11,17-18,21-22,24H,5-7,12-16H2,1-4H3,(H,28,35)/t17?,18?,21?,22-,24-/m0/s1. The summed E-state index contributed by atoms with van der Waals surface area (Å²) in [5, 5.41) is 6.26. The third-order valence-electron chi connectivity index (χ3n) is 7.38. The Morgan fingerprint density at radius 3 is 2.59 bits per heavy atom. The molecule has 3 heterocycles. The van der Waals surface area contributed by atoms with E-state index in [9.17, 15) is 14.4 Å². The van der Waals surface area contributed by atoms with Gasteiger partial charge in [0.2, 0.25) is 11.8 Å². The highest BCUT2D eigenvalue weighted by Gasteiger charge is 2.52. The second-order valence-corrected chi connectivity index (χ2v) is 11.9. The van der Waals surface area contributed by atoms with Crippen LogP contribution in [0.15, 0.2) is 24.3 Å². The molecular formula is C26H38IN5O5. The highest BCUT2D eigenvalue weighted by Crippen LogP contribution is 2.31. The van der Waals surface area contributed by atoms with Gasteiger partial charge in [0.25, 0.3) is 0 Å². The molecule has 10 nitrogen and oxygen atoms in total. The molecule has 0 bridgehead atoms. The molecule has 0 spiro atoms. The summed E-state index contributed by atoms with van der Waals surface area (Å²) in [6.07, 6.45) is 2.06. The van der Waals surface area contributed by atoms with E-state index in [1.807, 2.05) is 45.0 Å². The molecule has 1 aromatic carbocycles. The van der Waals surface area contributed by atoms with Crippen molar-refractivity contribution in [2.24, 2.45) is 5.92 Å². The molecule has 0 radical (unpaired) electrons. The minimum absolute atomic E-state index is 0.00507. The Kier molecular flexibility index (Phi) is 9.17. The van der Waals surface area contributed by atoms with Gasteiger partial charge in [0.05, 0.1) is 19.2 Å². The molecule has 0 aliphatic carbocycles. The minimum atomic E-state index is -0.602. The molecule has 0 aromatic heterocycles. The van der Waals surface area contributed by atoms with E-state index in [2.05, 4.69) is 27.9 Å². The second kappa shape index (κ2) is 12.2. The zero-order valence-corrected chi connectivity index (χ0v) is 24.2. The monoisotopic (exact) mass is 627 g/mol. The molecule has 4 rings (SSSR count). The first-order valence-corrected chi connectivity index (χ1v) is 14.3. The Balaban J connectivity index is 1.52. The molecule has 5 atom stereocenters. The molecule has 11 heteroatoms. The maximum atomic E-state index is 13.6. The summed E-state index contributed by atoms with van der Waals surface area (Å²) in [5.41, 5.74) is 0.936. The molecule has 3 unspecified atom stereocenters. The fraction of sp³-hybridized carbons (Fsp3) is 0.654. The number of ether oxygens (including phenoxy) is 2. The van der Waals surface area contributed by atoms with Crippen molar-refractivity contribution in [2.75, 3.05) is 33.3 Å². The molecule has 4 amide bonds. The van der Waals surface area contributed by atoms with Gasteiger partial charge in [0.15, 0.2) is 0 Å². The summed E-state index contributed by atoms with van der Waals surface area (Å²) in [6.45, 7) is 7.80. The number of halogens is 1. The molecule has 0 saturated carbocycles. The first-order valence-electron chi connectivity index (χ1n) is 13.1. The molecule has 3 aliphatic rings. The van der Waals surface area contributed by atoms with Crippen LogP contribution in [0.5, 0.6) is 5.75 Å². The van der Waals surface area contributed by atoms with E-state index in [1.54, 1.807) is 26.9 Å². The largest absolute Gasteiger partial charge is 0.480 e. The van der Waals surface area contributed by atoms with Crippen molar-refractivity contribution >= 4 is 40.4 Å². The van der Waals surface area contributed by atoms with Gasteiger partial charge < -0.3 is 24.6 Å². The van der Waals surface area contributed by atoms with Crippen molar-refractivity contribution in [1.82, 2.24) is 25.1 Å².